The molecule has 2 aromatic carbocycles. The number of nitrogens with zero attached hydrogens (tertiary/aromatic N) is 1. The Labute approximate surface area is 142 Å². The van der Waals surface area contributed by atoms with E-state index in [2.05, 4.69) is 5.32 Å². The lowest BCUT2D eigenvalue weighted by molar-refractivity contribution is -0.149. The van der Waals surface area contributed by atoms with E-state index in [4.69, 9.17) is 0 Å². The van der Waals surface area contributed by atoms with Gasteiger partial charge in [-0.05, 0) is 29.8 Å². The Hall–Kier alpha value is -2.80. The summed E-state index contributed by atoms with van der Waals surface area (Å²) >= 11 is 0. The van der Waals surface area contributed by atoms with Gasteiger partial charge < -0.3 is 15.3 Å². The minimum atomic E-state index is -2.19. The summed E-state index contributed by atoms with van der Waals surface area (Å²) in [5.74, 6) is -3.15. The minimum Gasteiger partial charge on any atom is -0.372 e. The Kier molecular flexibility index (Phi) is 4.50. The van der Waals surface area contributed by atoms with Crippen molar-refractivity contribution in [2.75, 3.05) is 11.4 Å². The van der Waals surface area contributed by atoms with Crippen LogP contribution in [0.3, 0.4) is 0 Å². The fraction of sp³-hybridized carbons (Fsp3) is 0.222. The summed E-state index contributed by atoms with van der Waals surface area (Å²) < 4.78 is 26.3. The molecular formula is C18H16F2N2O3. The molecule has 0 spiro atoms. The molecule has 0 aliphatic carbocycles. The molecule has 0 bridgehead atoms. The molecule has 7 heteroatoms. The van der Waals surface area contributed by atoms with Gasteiger partial charge in [-0.1, -0.05) is 18.2 Å². The third kappa shape index (κ3) is 3.36. The average Bonchev–Trinajstić information content (AvgIpc) is 2.89. The molecule has 1 aliphatic rings. The van der Waals surface area contributed by atoms with Gasteiger partial charge in [-0.15, -0.1) is 0 Å². The van der Waals surface area contributed by atoms with Gasteiger partial charge in [0.05, 0.1) is 0 Å². The van der Waals surface area contributed by atoms with E-state index in [1.54, 1.807) is 30.3 Å². The molecule has 2 aromatic rings. The van der Waals surface area contributed by atoms with Gasteiger partial charge in [-0.3, -0.25) is 9.59 Å². The molecule has 2 N–H and O–H groups in total. The normalized spacial score (nSPS) is 20.0. The molecule has 1 saturated heterocycles. The fourth-order valence-electron chi connectivity index (χ4n) is 2.81. The standard InChI is InChI=1S/C18H16F2N2O3/c19-13-8-12(9-14(20)10-13)11-21-16(23)18(25)6-7-22(17(18)24)15-4-2-1-3-5-15/h1-5,8-10,25H,6-7,11H2,(H,21,23)/t18-/m0/s1. The van der Waals surface area contributed by atoms with Crippen LogP contribution in [-0.2, 0) is 16.1 Å². The monoisotopic (exact) mass is 346 g/mol. The van der Waals surface area contributed by atoms with E-state index < -0.39 is 29.0 Å². The number of benzene rings is 2. The number of hydrogen-bond acceptors (Lipinski definition) is 3. The largest absolute Gasteiger partial charge is 0.372 e. The van der Waals surface area contributed by atoms with Gasteiger partial charge in [0, 0.05) is 31.3 Å². The second-order valence-corrected chi connectivity index (χ2v) is 5.86. The first kappa shape index (κ1) is 17.0. The van der Waals surface area contributed by atoms with Gasteiger partial charge in [0.2, 0.25) is 5.60 Å². The van der Waals surface area contributed by atoms with E-state index in [0.29, 0.717) is 5.69 Å². The smallest absolute Gasteiger partial charge is 0.268 e. The van der Waals surface area contributed by atoms with E-state index in [0.717, 1.165) is 18.2 Å². The highest BCUT2D eigenvalue weighted by molar-refractivity contribution is 6.16. The van der Waals surface area contributed by atoms with Gasteiger partial charge in [0.25, 0.3) is 11.8 Å². The summed E-state index contributed by atoms with van der Waals surface area (Å²) in [6.45, 7) is -0.00417. The Morgan fingerprint density at radius 1 is 1.16 bits per heavy atom. The van der Waals surface area contributed by atoms with Crippen LogP contribution in [0.15, 0.2) is 48.5 Å². The molecule has 0 unspecified atom stereocenters. The van der Waals surface area contributed by atoms with Crippen molar-refractivity contribution in [3.05, 3.63) is 65.7 Å². The van der Waals surface area contributed by atoms with Crippen LogP contribution in [0.5, 0.6) is 0 Å². The van der Waals surface area contributed by atoms with Crippen LogP contribution in [-0.4, -0.2) is 29.1 Å². The molecule has 1 heterocycles. The number of rotatable bonds is 4. The first-order valence-electron chi connectivity index (χ1n) is 7.73. The second-order valence-electron chi connectivity index (χ2n) is 5.86. The highest BCUT2D eigenvalue weighted by Gasteiger charge is 2.51. The van der Waals surface area contributed by atoms with Gasteiger partial charge in [0.15, 0.2) is 0 Å². The van der Waals surface area contributed by atoms with Gasteiger partial charge in [0.1, 0.15) is 11.6 Å². The fourth-order valence-corrected chi connectivity index (χ4v) is 2.81. The van der Waals surface area contributed by atoms with Crippen molar-refractivity contribution in [3.63, 3.8) is 0 Å². The minimum absolute atomic E-state index is 0.0654. The molecule has 3 rings (SSSR count). The summed E-state index contributed by atoms with van der Waals surface area (Å²) in [5.41, 5.74) is -1.41. The molecular weight excluding hydrogens is 330 g/mol. The molecule has 2 amide bonds. The van der Waals surface area contributed by atoms with Crippen LogP contribution in [0.25, 0.3) is 0 Å². The summed E-state index contributed by atoms with van der Waals surface area (Å²) in [6.07, 6.45) is -0.0654. The first-order chi connectivity index (χ1) is 11.9. The maximum absolute atomic E-state index is 13.2. The van der Waals surface area contributed by atoms with Crippen LogP contribution < -0.4 is 10.2 Å². The number of para-hydroxylation sites is 1. The summed E-state index contributed by atoms with van der Waals surface area (Å²) in [6, 6.07) is 11.6. The lowest BCUT2D eigenvalue weighted by Crippen LogP contribution is -2.52. The molecule has 1 fully saturated rings. The van der Waals surface area contributed by atoms with Crippen molar-refractivity contribution in [2.24, 2.45) is 0 Å². The molecule has 0 aromatic heterocycles. The van der Waals surface area contributed by atoms with Crippen LogP contribution in [0, 0.1) is 11.6 Å². The van der Waals surface area contributed by atoms with Crippen LogP contribution in [0.1, 0.15) is 12.0 Å². The number of carbonyl (C=O) groups is 2. The van der Waals surface area contributed by atoms with Crippen molar-refractivity contribution in [2.45, 2.75) is 18.6 Å². The van der Waals surface area contributed by atoms with Crippen LogP contribution >= 0.6 is 0 Å². The topological polar surface area (TPSA) is 69.6 Å². The molecule has 1 aliphatic heterocycles. The van der Waals surface area contributed by atoms with Crippen LogP contribution in [0.4, 0.5) is 14.5 Å². The van der Waals surface area contributed by atoms with E-state index in [9.17, 15) is 23.5 Å². The SMILES string of the molecule is O=C(NCc1cc(F)cc(F)c1)[C@@]1(O)CCN(c2ccccc2)C1=O. The zero-order valence-electron chi connectivity index (χ0n) is 13.2. The third-order valence-electron chi connectivity index (χ3n) is 4.12. The number of hydrogen-bond donors (Lipinski definition) is 2. The van der Waals surface area contributed by atoms with Crippen molar-refractivity contribution in [1.29, 1.82) is 0 Å². The van der Waals surface area contributed by atoms with Crippen LogP contribution in [0.2, 0.25) is 0 Å². The van der Waals surface area contributed by atoms with Crippen molar-refractivity contribution < 1.29 is 23.5 Å². The van der Waals surface area contributed by atoms with Gasteiger partial charge in [-0.25, -0.2) is 8.78 Å². The molecule has 0 saturated carbocycles. The maximum atomic E-state index is 13.2. The van der Waals surface area contributed by atoms with Gasteiger partial charge >= 0.3 is 0 Å². The van der Waals surface area contributed by atoms with E-state index in [-0.39, 0.29) is 25.1 Å². The summed E-state index contributed by atoms with van der Waals surface area (Å²) in [7, 11) is 0. The quantitative estimate of drug-likeness (QED) is 0.829. The van der Waals surface area contributed by atoms with E-state index >= 15 is 0 Å². The number of anilines is 1. The Morgan fingerprint density at radius 3 is 2.44 bits per heavy atom. The molecule has 130 valence electrons. The molecule has 0 radical (unpaired) electrons. The number of halogens is 2. The first-order valence-corrected chi connectivity index (χ1v) is 7.73. The maximum Gasteiger partial charge on any atom is 0.268 e. The van der Waals surface area contributed by atoms with E-state index in [1.165, 1.54) is 4.90 Å². The zero-order valence-corrected chi connectivity index (χ0v) is 13.2. The second kappa shape index (κ2) is 6.60. The number of carbonyl (C=O) groups excluding carboxylic acids is 2. The Balaban J connectivity index is 1.70. The Bertz CT molecular complexity index is 793. The molecule has 25 heavy (non-hydrogen) atoms. The van der Waals surface area contributed by atoms with Crippen molar-refractivity contribution >= 4 is 17.5 Å². The van der Waals surface area contributed by atoms with Crippen molar-refractivity contribution in [3.8, 4) is 0 Å². The lowest BCUT2D eigenvalue weighted by atomic mass is 10.0. The third-order valence-corrected chi connectivity index (χ3v) is 4.12. The summed E-state index contributed by atoms with van der Waals surface area (Å²) in [4.78, 5) is 26.1. The number of nitrogens with one attached hydrogen (secondary N) is 1. The number of amides is 2. The highest BCUT2D eigenvalue weighted by Crippen LogP contribution is 2.28. The summed E-state index contributed by atoms with van der Waals surface area (Å²) in [5, 5.41) is 12.9. The van der Waals surface area contributed by atoms with Crippen molar-refractivity contribution in [1.82, 2.24) is 5.32 Å². The van der Waals surface area contributed by atoms with Gasteiger partial charge in [-0.2, -0.15) is 0 Å². The predicted octanol–water partition coefficient (Wildman–Crippen LogP) is 1.75. The van der Waals surface area contributed by atoms with E-state index in [1.807, 2.05) is 0 Å². The lowest BCUT2D eigenvalue weighted by Gasteiger charge is -2.21. The molecule has 1 atom stereocenters. The predicted molar refractivity (Wildman–Crippen MR) is 86.6 cm³/mol. The zero-order chi connectivity index (χ0) is 18.0. The Morgan fingerprint density at radius 2 is 1.80 bits per heavy atom. The number of aliphatic hydroxyl groups is 1. The average molecular weight is 346 g/mol. The molecule has 5 nitrogen and oxygen atoms in total. The highest BCUT2D eigenvalue weighted by atomic mass is 19.1.